The molecule has 2 unspecified atom stereocenters. The van der Waals surface area contributed by atoms with Gasteiger partial charge in [0, 0.05) is 5.56 Å². The number of hydrogen-bond acceptors (Lipinski definition) is 4. The van der Waals surface area contributed by atoms with Gasteiger partial charge in [-0.25, -0.2) is 0 Å². The molecule has 4 rings (SSSR count). The summed E-state index contributed by atoms with van der Waals surface area (Å²) in [6.45, 7) is 0. The lowest BCUT2D eigenvalue weighted by molar-refractivity contribution is 0.210. The molecule has 1 N–H and O–H groups in total. The minimum absolute atomic E-state index is 0.234. The van der Waals surface area contributed by atoms with Crippen LogP contribution >= 0.6 is 7.37 Å². The van der Waals surface area contributed by atoms with Crippen molar-refractivity contribution in [2.75, 3.05) is 0 Å². The van der Waals surface area contributed by atoms with Crippen molar-refractivity contribution in [2.45, 2.75) is 5.85 Å². The van der Waals surface area contributed by atoms with Gasteiger partial charge in [-0.2, -0.15) is 0 Å². The molecular formula is C17H13O4P. The summed E-state index contributed by atoms with van der Waals surface area (Å²) in [6.07, 6.45) is 1.44. The van der Waals surface area contributed by atoms with Gasteiger partial charge in [0.1, 0.15) is 11.5 Å². The predicted molar refractivity (Wildman–Crippen MR) is 83.4 cm³/mol. The van der Waals surface area contributed by atoms with Crippen LogP contribution in [0.4, 0.5) is 0 Å². The number of hydrogen-bond donors (Lipinski definition) is 1. The van der Waals surface area contributed by atoms with Crippen molar-refractivity contribution < 1.29 is 18.6 Å². The van der Waals surface area contributed by atoms with Crippen molar-refractivity contribution in [2.24, 2.45) is 0 Å². The molecule has 0 radical (unpaired) electrons. The molecule has 3 aromatic rings. The molecule has 0 saturated heterocycles. The maximum Gasteiger partial charge on any atom is 0.313 e. The van der Waals surface area contributed by atoms with E-state index in [1.54, 1.807) is 30.3 Å². The molecule has 0 amide bonds. The van der Waals surface area contributed by atoms with Crippen LogP contribution in [0.3, 0.4) is 0 Å². The Balaban J connectivity index is 1.94. The molecule has 22 heavy (non-hydrogen) atoms. The summed E-state index contributed by atoms with van der Waals surface area (Å²) in [6, 6.07) is 17.9. The van der Waals surface area contributed by atoms with Crippen molar-refractivity contribution in [3.8, 4) is 16.9 Å². The van der Waals surface area contributed by atoms with E-state index < -0.39 is 13.2 Å². The summed E-state index contributed by atoms with van der Waals surface area (Å²) in [5.74, 6) is -0.593. The minimum atomic E-state index is -3.55. The van der Waals surface area contributed by atoms with E-state index in [2.05, 4.69) is 0 Å². The largest absolute Gasteiger partial charge is 0.466 e. The number of fused-ring (bicyclic) bond motifs is 3. The fourth-order valence-electron chi connectivity index (χ4n) is 2.72. The molecule has 0 saturated carbocycles. The van der Waals surface area contributed by atoms with Gasteiger partial charge in [-0.3, -0.25) is 4.57 Å². The third-order valence-electron chi connectivity index (χ3n) is 3.77. The second kappa shape index (κ2) is 4.87. The lowest BCUT2D eigenvalue weighted by atomic mass is 10.0. The van der Waals surface area contributed by atoms with Crippen LogP contribution in [0.15, 0.2) is 71.3 Å². The SMILES string of the molecule is O=P1(C(O)c2ccco2)Oc2ccccc2-c2ccccc21. The zero-order chi connectivity index (χ0) is 15.2. The van der Waals surface area contributed by atoms with Crippen LogP contribution in [0.25, 0.3) is 11.1 Å². The monoisotopic (exact) mass is 312 g/mol. The Morgan fingerprint density at radius 2 is 1.64 bits per heavy atom. The highest BCUT2D eigenvalue weighted by Gasteiger charge is 2.44. The number of furan rings is 1. The first-order valence-corrected chi connectivity index (χ1v) is 8.59. The number of rotatable bonds is 2. The van der Waals surface area contributed by atoms with E-state index >= 15 is 0 Å². The van der Waals surface area contributed by atoms with E-state index in [0.717, 1.165) is 11.1 Å². The van der Waals surface area contributed by atoms with Crippen LogP contribution in [0, 0.1) is 0 Å². The molecule has 2 atom stereocenters. The van der Waals surface area contributed by atoms with Crippen molar-refractivity contribution in [1.82, 2.24) is 0 Å². The van der Waals surface area contributed by atoms with Crippen LogP contribution < -0.4 is 9.83 Å². The van der Waals surface area contributed by atoms with Crippen LogP contribution in [0.1, 0.15) is 11.6 Å². The van der Waals surface area contributed by atoms with Gasteiger partial charge >= 0.3 is 7.37 Å². The first-order valence-electron chi connectivity index (χ1n) is 6.90. The molecule has 0 aliphatic carbocycles. The molecule has 110 valence electrons. The fraction of sp³-hybridized carbons (Fsp3) is 0.0588. The molecular weight excluding hydrogens is 299 g/mol. The van der Waals surface area contributed by atoms with Gasteiger partial charge in [0.2, 0.25) is 5.85 Å². The molecule has 0 fully saturated rings. The number of para-hydroxylation sites is 1. The molecule has 4 nitrogen and oxygen atoms in total. The fourth-order valence-corrected chi connectivity index (χ4v) is 4.94. The van der Waals surface area contributed by atoms with E-state index in [1.807, 2.05) is 30.3 Å². The normalized spacial score (nSPS) is 20.6. The summed E-state index contributed by atoms with van der Waals surface area (Å²) >= 11 is 0. The van der Waals surface area contributed by atoms with Crippen molar-refractivity contribution >= 4 is 12.7 Å². The molecule has 1 aromatic heterocycles. The van der Waals surface area contributed by atoms with E-state index in [4.69, 9.17) is 8.94 Å². The van der Waals surface area contributed by atoms with Crippen molar-refractivity contribution in [3.63, 3.8) is 0 Å². The molecule has 1 aliphatic heterocycles. The molecule has 5 heteroatoms. The Morgan fingerprint density at radius 1 is 0.909 bits per heavy atom. The Labute approximate surface area is 127 Å². The third-order valence-corrected chi connectivity index (χ3v) is 6.20. The summed E-state index contributed by atoms with van der Waals surface area (Å²) in [5.41, 5.74) is 1.69. The molecule has 2 aromatic carbocycles. The maximum absolute atomic E-state index is 13.5. The van der Waals surface area contributed by atoms with Crippen LogP contribution in [0.2, 0.25) is 0 Å². The molecule has 2 heterocycles. The molecule has 0 bridgehead atoms. The predicted octanol–water partition coefficient (Wildman–Crippen LogP) is 3.93. The minimum Gasteiger partial charge on any atom is -0.466 e. The van der Waals surface area contributed by atoms with Gasteiger partial charge in [-0.15, -0.1) is 0 Å². The highest BCUT2D eigenvalue weighted by Crippen LogP contribution is 2.62. The highest BCUT2D eigenvalue weighted by molar-refractivity contribution is 7.67. The molecule has 0 spiro atoms. The second-order valence-electron chi connectivity index (χ2n) is 5.09. The smallest absolute Gasteiger partial charge is 0.313 e. The summed E-state index contributed by atoms with van der Waals surface area (Å²) in [7, 11) is -3.55. The average molecular weight is 312 g/mol. The van der Waals surface area contributed by atoms with Gasteiger partial charge in [0.25, 0.3) is 0 Å². The number of aliphatic hydroxyl groups is 1. The van der Waals surface area contributed by atoms with Crippen molar-refractivity contribution in [1.29, 1.82) is 0 Å². The summed E-state index contributed by atoms with van der Waals surface area (Å²) < 4.78 is 24.5. The van der Waals surface area contributed by atoms with Gasteiger partial charge < -0.3 is 14.0 Å². The topological polar surface area (TPSA) is 59.7 Å². The zero-order valence-corrected chi connectivity index (χ0v) is 12.4. The van der Waals surface area contributed by atoms with Gasteiger partial charge in [-0.05, 0) is 29.8 Å². The third kappa shape index (κ3) is 1.85. The lowest BCUT2D eigenvalue weighted by Gasteiger charge is -2.30. The van der Waals surface area contributed by atoms with Crippen LogP contribution in [-0.4, -0.2) is 5.11 Å². The molecule has 1 aliphatic rings. The standard InChI is InChI=1S/C17H13O4P/c18-17(15-9-5-11-20-15)22(19)16-10-4-2-7-13(16)12-6-1-3-8-14(12)21-22/h1-11,17-18H. The van der Waals surface area contributed by atoms with Gasteiger partial charge in [0.05, 0.1) is 11.6 Å². The Bertz CT molecular complexity index is 870. The zero-order valence-electron chi connectivity index (χ0n) is 11.5. The average Bonchev–Trinajstić information content (AvgIpc) is 3.09. The van der Waals surface area contributed by atoms with E-state index in [9.17, 15) is 9.67 Å². The van der Waals surface area contributed by atoms with Gasteiger partial charge in [-0.1, -0.05) is 36.4 Å². The van der Waals surface area contributed by atoms with E-state index in [1.165, 1.54) is 6.26 Å². The summed E-state index contributed by atoms with van der Waals surface area (Å²) in [4.78, 5) is 0. The summed E-state index contributed by atoms with van der Waals surface area (Å²) in [5, 5.41) is 11.1. The Morgan fingerprint density at radius 3 is 2.41 bits per heavy atom. The van der Waals surface area contributed by atoms with E-state index in [0.29, 0.717) is 11.1 Å². The number of benzene rings is 2. The van der Waals surface area contributed by atoms with Crippen LogP contribution in [0.5, 0.6) is 5.75 Å². The Kier molecular flexibility index (Phi) is 2.96. The van der Waals surface area contributed by atoms with Crippen molar-refractivity contribution in [3.05, 3.63) is 72.7 Å². The van der Waals surface area contributed by atoms with Crippen LogP contribution in [-0.2, 0) is 4.57 Å². The quantitative estimate of drug-likeness (QED) is 0.728. The first kappa shape index (κ1) is 13.4. The maximum atomic E-state index is 13.5. The highest BCUT2D eigenvalue weighted by atomic mass is 31.2. The second-order valence-corrected chi connectivity index (χ2v) is 7.44. The Hall–Kier alpha value is -2.29. The number of aliphatic hydroxyl groups excluding tert-OH is 1. The first-order chi connectivity index (χ1) is 10.7. The van der Waals surface area contributed by atoms with E-state index in [-0.39, 0.29) is 5.76 Å². The lowest BCUT2D eigenvalue weighted by Crippen LogP contribution is -2.21. The van der Waals surface area contributed by atoms with Gasteiger partial charge in [0.15, 0.2) is 0 Å².